The molecule has 0 saturated carbocycles. The molecule has 2 aromatic heterocycles. The number of H-pyrrole nitrogens is 1. The second kappa shape index (κ2) is 4.07. The fourth-order valence-corrected chi connectivity index (χ4v) is 2.85. The first-order valence-corrected chi connectivity index (χ1v) is 6.62. The van der Waals surface area contributed by atoms with Gasteiger partial charge in [-0.1, -0.05) is 0 Å². The van der Waals surface area contributed by atoms with Crippen molar-refractivity contribution in [3.63, 3.8) is 0 Å². The summed E-state index contributed by atoms with van der Waals surface area (Å²) in [4.78, 5) is 23.6. The zero-order valence-corrected chi connectivity index (χ0v) is 10.4. The average molecular weight is 247 g/mol. The summed E-state index contributed by atoms with van der Waals surface area (Å²) in [5, 5.41) is 3.06. The topological polar surface area (TPSA) is 58.6 Å². The molecular weight excluding hydrogens is 234 g/mol. The molecule has 0 radical (unpaired) electrons. The van der Waals surface area contributed by atoms with Crippen LogP contribution >= 0.6 is 11.3 Å². The van der Waals surface area contributed by atoms with E-state index in [0.717, 1.165) is 47.0 Å². The number of nitrogens with zero attached hydrogens (tertiary/aromatic N) is 2. The lowest BCUT2D eigenvalue weighted by atomic mass is 10.2. The maximum Gasteiger partial charge on any atom is 0.254 e. The highest BCUT2D eigenvalue weighted by Gasteiger charge is 2.17. The molecule has 0 bridgehead atoms. The van der Waals surface area contributed by atoms with Crippen LogP contribution in [0, 0.1) is 6.92 Å². The van der Waals surface area contributed by atoms with Crippen molar-refractivity contribution in [3.05, 3.63) is 43.5 Å². The van der Waals surface area contributed by atoms with Crippen LogP contribution in [0.15, 0.2) is 10.2 Å². The standard InChI is InChI=1S/C12H13N3OS/c1-7-13-8(6-17-7)5-11-14-10-4-2-3-9(10)12(16)15-11/h6H,2-5H2,1H3,(H,14,15,16). The van der Waals surface area contributed by atoms with E-state index in [-0.39, 0.29) is 5.56 Å². The van der Waals surface area contributed by atoms with Gasteiger partial charge in [0.1, 0.15) is 5.82 Å². The van der Waals surface area contributed by atoms with Gasteiger partial charge in [0.15, 0.2) is 0 Å². The minimum atomic E-state index is 0.0365. The van der Waals surface area contributed by atoms with Crippen molar-refractivity contribution in [3.8, 4) is 0 Å². The van der Waals surface area contributed by atoms with Crippen molar-refractivity contribution in [2.75, 3.05) is 0 Å². The number of rotatable bonds is 2. The van der Waals surface area contributed by atoms with Crippen LogP contribution in [0.2, 0.25) is 0 Å². The summed E-state index contributed by atoms with van der Waals surface area (Å²) in [5.41, 5.74) is 2.88. The Bertz CT molecular complexity index is 614. The predicted octanol–water partition coefficient (Wildman–Crippen LogP) is 1.61. The highest BCUT2D eigenvalue weighted by Crippen LogP contribution is 2.17. The van der Waals surface area contributed by atoms with Crippen LogP contribution in [0.3, 0.4) is 0 Å². The number of aromatic nitrogens is 3. The molecule has 0 aliphatic heterocycles. The molecule has 1 aliphatic rings. The lowest BCUT2D eigenvalue weighted by Gasteiger charge is -2.02. The van der Waals surface area contributed by atoms with E-state index in [1.165, 1.54) is 0 Å². The van der Waals surface area contributed by atoms with Gasteiger partial charge in [-0.2, -0.15) is 0 Å². The molecule has 2 aromatic rings. The van der Waals surface area contributed by atoms with E-state index < -0.39 is 0 Å². The Balaban J connectivity index is 1.94. The molecule has 17 heavy (non-hydrogen) atoms. The van der Waals surface area contributed by atoms with Crippen LogP contribution in [0.1, 0.15) is 34.2 Å². The Morgan fingerprint density at radius 3 is 3.06 bits per heavy atom. The predicted molar refractivity (Wildman–Crippen MR) is 66.5 cm³/mol. The van der Waals surface area contributed by atoms with Gasteiger partial charge in [-0.25, -0.2) is 9.97 Å². The van der Waals surface area contributed by atoms with Gasteiger partial charge in [-0.15, -0.1) is 11.3 Å². The van der Waals surface area contributed by atoms with Crippen molar-refractivity contribution in [2.24, 2.45) is 0 Å². The lowest BCUT2D eigenvalue weighted by molar-refractivity contribution is 0.875. The molecule has 0 amide bonds. The molecule has 88 valence electrons. The number of fused-ring (bicyclic) bond motifs is 1. The zero-order chi connectivity index (χ0) is 11.8. The molecule has 1 N–H and O–H groups in total. The largest absolute Gasteiger partial charge is 0.310 e. The van der Waals surface area contributed by atoms with Gasteiger partial charge in [-0.3, -0.25) is 4.79 Å². The molecule has 0 atom stereocenters. The Morgan fingerprint density at radius 1 is 1.41 bits per heavy atom. The SMILES string of the molecule is Cc1nc(Cc2nc3c(c(=O)[nH]2)CCC3)cs1. The summed E-state index contributed by atoms with van der Waals surface area (Å²) in [7, 11) is 0. The summed E-state index contributed by atoms with van der Waals surface area (Å²) in [6, 6.07) is 0. The third-order valence-electron chi connectivity index (χ3n) is 3.01. The van der Waals surface area contributed by atoms with Gasteiger partial charge in [-0.05, 0) is 26.2 Å². The van der Waals surface area contributed by atoms with E-state index in [2.05, 4.69) is 15.0 Å². The van der Waals surface area contributed by atoms with Crippen molar-refractivity contribution in [1.29, 1.82) is 0 Å². The van der Waals surface area contributed by atoms with Gasteiger partial charge < -0.3 is 4.98 Å². The average Bonchev–Trinajstić information content (AvgIpc) is 2.87. The summed E-state index contributed by atoms with van der Waals surface area (Å²) in [6.07, 6.45) is 3.47. The number of aromatic amines is 1. The summed E-state index contributed by atoms with van der Waals surface area (Å²) in [5.74, 6) is 0.737. The molecule has 3 rings (SSSR count). The monoisotopic (exact) mass is 247 g/mol. The van der Waals surface area contributed by atoms with Crippen LogP contribution in [-0.2, 0) is 19.3 Å². The van der Waals surface area contributed by atoms with Gasteiger partial charge in [0.05, 0.1) is 16.4 Å². The molecule has 0 unspecified atom stereocenters. The number of thiazole rings is 1. The van der Waals surface area contributed by atoms with Crippen LogP contribution < -0.4 is 5.56 Å². The van der Waals surface area contributed by atoms with Crippen molar-refractivity contribution < 1.29 is 0 Å². The van der Waals surface area contributed by atoms with Gasteiger partial charge in [0, 0.05) is 17.4 Å². The third kappa shape index (κ3) is 2.02. The zero-order valence-electron chi connectivity index (χ0n) is 9.62. The van der Waals surface area contributed by atoms with Gasteiger partial charge >= 0.3 is 0 Å². The fourth-order valence-electron chi connectivity index (χ4n) is 2.24. The number of hydrogen-bond donors (Lipinski definition) is 1. The van der Waals surface area contributed by atoms with Gasteiger partial charge in [0.2, 0.25) is 0 Å². The van der Waals surface area contributed by atoms with E-state index >= 15 is 0 Å². The first kappa shape index (κ1) is 10.7. The highest BCUT2D eigenvalue weighted by molar-refractivity contribution is 7.09. The van der Waals surface area contributed by atoms with Crippen LogP contribution in [0.5, 0.6) is 0 Å². The maximum atomic E-state index is 11.8. The first-order valence-electron chi connectivity index (χ1n) is 5.74. The number of nitrogens with one attached hydrogen (secondary N) is 1. The molecule has 2 heterocycles. The Labute approximate surface area is 103 Å². The van der Waals surface area contributed by atoms with Gasteiger partial charge in [0.25, 0.3) is 5.56 Å². The molecule has 5 heteroatoms. The van der Waals surface area contributed by atoms with E-state index in [0.29, 0.717) is 6.42 Å². The van der Waals surface area contributed by atoms with Crippen molar-refractivity contribution in [1.82, 2.24) is 15.0 Å². The normalized spacial score (nSPS) is 13.9. The molecular formula is C12H13N3OS. The Hall–Kier alpha value is -1.49. The minimum Gasteiger partial charge on any atom is -0.310 e. The number of hydrogen-bond acceptors (Lipinski definition) is 4. The molecule has 4 nitrogen and oxygen atoms in total. The quantitative estimate of drug-likeness (QED) is 0.877. The minimum absolute atomic E-state index is 0.0365. The maximum absolute atomic E-state index is 11.8. The van der Waals surface area contributed by atoms with Crippen LogP contribution in [0.25, 0.3) is 0 Å². The summed E-state index contributed by atoms with van der Waals surface area (Å²) in [6.45, 7) is 1.98. The summed E-state index contributed by atoms with van der Waals surface area (Å²) < 4.78 is 0. The first-order chi connectivity index (χ1) is 8.22. The van der Waals surface area contributed by atoms with Crippen molar-refractivity contribution >= 4 is 11.3 Å². The Morgan fingerprint density at radius 2 is 2.29 bits per heavy atom. The molecule has 0 spiro atoms. The smallest absolute Gasteiger partial charge is 0.254 e. The van der Waals surface area contributed by atoms with Crippen molar-refractivity contribution in [2.45, 2.75) is 32.6 Å². The van der Waals surface area contributed by atoms with E-state index in [1.54, 1.807) is 11.3 Å². The number of aryl methyl sites for hydroxylation is 2. The molecule has 0 aromatic carbocycles. The second-order valence-corrected chi connectivity index (χ2v) is 5.39. The highest BCUT2D eigenvalue weighted by atomic mass is 32.1. The Kier molecular flexibility index (Phi) is 2.55. The molecule has 0 saturated heterocycles. The molecule has 0 fully saturated rings. The lowest BCUT2D eigenvalue weighted by Crippen LogP contribution is -2.17. The second-order valence-electron chi connectivity index (χ2n) is 4.33. The fraction of sp³-hybridized carbons (Fsp3) is 0.417. The van der Waals surface area contributed by atoms with Crippen LogP contribution in [0.4, 0.5) is 0 Å². The van der Waals surface area contributed by atoms with Crippen LogP contribution in [-0.4, -0.2) is 15.0 Å². The molecule has 1 aliphatic carbocycles. The summed E-state index contributed by atoms with van der Waals surface area (Å²) >= 11 is 1.62. The van der Waals surface area contributed by atoms with E-state index in [9.17, 15) is 4.79 Å². The van der Waals surface area contributed by atoms with E-state index in [4.69, 9.17) is 0 Å². The third-order valence-corrected chi connectivity index (χ3v) is 3.83. The van der Waals surface area contributed by atoms with E-state index in [1.807, 2.05) is 12.3 Å².